The molecule has 2 N–H and O–H groups in total. The lowest BCUT2D eigenvalue weighted by atomic mass is 10.2. The highest BCUT2D eigenvalue weighted by Gasteiger charge is 2.07. The fraction of sp³-hybridized carbons (Fsp3) is 0.538. The predicted octanol–water partition coefficient (Wildman–Crippen LogP) is 1.50. The number of methoxy groups -OCH3 is 2. The molecule has 5 heteroatoms. The Morgan fingerprint density at radius 3 is 2.22 bits per heavy atom. The van der Waals surface area contributed by atoms with Crippen molar-refractivity contribution in [1.82, 2.24) is 4.90 Å². The normalized spacial score (nSPS) is 11.1. The fourth-order valence-corrected chi connectivity index (χ4v) is 1.74. The van der Waals surface area contributed by atoms with Gasteiger partial charge in [0.15, 0.2) is 0 Å². The SMILES string of the molecule is COCCN(CCOC)Cc1cc(N)cc(F)c1. The maximum Gasteiger partial charge on any atom is 0.125 e. The monoisotopic (exact) mass is 256 g/mol. The second kappa shape index (κ2) is 8.02. The highest BCUT2D eigenvalue weighted by molar-refractivity contribution is 5.41. The molecule has 0 saturated carbocycles. The van der Waals surface area contributed by atoms with Gasteiger partial charge in [-0.05, 0) is 23.8 Å². The minimum absolute atomic E-state index is 0.302. The summed E-state index contributed by atoms with van der Waals surface area (Å²) in [5.41, 5.74) is 6.94. The van der Waals surface area contributed by atoms with E-state index in [0.29, 0.717) is 25.4 Å². The Morgan fingerprint density at radius 1 is 1.11 bits per heavy atom. The smallest absolute Gasteiger partial charge is 0.125 e. The number of rotatable bonds is 8. The molecule has 0 heterocycles. The molecule has 0 bridgehead atoms. The lowest BCUT2D eigenvalue weighted by Gasteiger charge is -2.21. The molecule has 0 aromatic heterocycles. The third kappa shape index (κ3) is 5.44. The molecule has 0 aliphatic heterocycles. The maximum absolute atomic E-state index is 13.2. The maximum atomic E-state index is 13.2. The molecule has 0 atom stereocenters. The van der Waals surface area contributed by atoms with Crippen LogP contribution < -0.4 is 5.73 Å². The third-order valence-electron chi connectivity index (χ3n) is 2.61. The Balaban J connectivity index is 2.62. The summed E-state index contributed by atoms with van der Waals surface area (Å²) >= 11 is 0. The summed E-state index contributed by atoms with van der Waals surface area (Å²) < 4.78 is 23.3. The molecule has 1 rings (SSSR count). The number of nitrogens with zero attached hydrogens (tertiary/aromatic N) is 1. The number of halogens is 1. The molecule has 0 radical (unpaired) electrons. The zero-order valence-corrected chi connectivity index (χ0v) is 11.0. The van der Waals surface area contributed by atoms with E-state index in [9.17, 15) is 4.39 Å². The minimum Gasteiger partial charge on any atom is -0.399 e. The van der Waals surface area contributed by atoms with Crippen LogP contribution >= 0.6 is 0 Å². The summed E-state index contributed by atoms with van der Waals surface area (Å²) in [6, 6.07) is 4.61. The van der Waals surface area contributed by atoms with Crippen molar-refractivity contribution in [3.63, 3.8) is 0 Å². The summed E-state index contributed by atoms with van der Waals surface area (Å²) in [4.78, 5) is 2.14. The van der Waals surface area contributed by atoms with Crippen molar-refractivity contribution in [2.75, 3.05) is 46.3 Å². The summed E-state index contributed by atoms with van der Waals surface area (Å²) in [5, 5.41) is 0. The van der Waals surface area contributed by atoms with E-state index in [1.54, 1.807) is 20.3 Å². The Labute approximate surface area is 107 Å². The number of nitrogens with two attached hydrogens (primary N) is 1. The van der Waals surface area contributed by atoms with Crippen LogP contribution in [-0.2, 0) is 16.0 Å². The molecule has 0 aliphatic carbocycles. The Morgan fingerprint density at radius 2 is 1.72 bits per heavy atom. The Hall–Kier alpha value is -1.17. The van der Waals surface area contributed by atoms with Gasteiger partial charge in [-0.1, -0.05) is 0 Å². The largest absolute Gasteiger partial charge is 0.399 e. The van der Waals surface area contributed by atoms with Crippen LogP contribution in [0, 0.1) is 5.82 Å². The van der Waals surface area contributed by atoms with E-state index in [4.69, 9.17) is 15.2 Å². The first kappa shape index (κ1) is 14.9. The summed E-state index contributed by atoms with van der Waals surface area (Å²) in [7, 11) is 3.32. The molecule has 0 amide bonds. The number of benzene rings is 1. The first-order chi connectivity index (χ1) is 8.65. The predicted molar refractivity (Wildman–Crippen MR) is 69.8 cm³/mol. The molecule has 102 valence electrons. The number of nitrogen functional groups attached to an aromatic ring is 1. The van der Waals surface area contributed by atoms with Gasteiger partial charge in [-0.3, -0.25) is 4.90 Å². The zero-order chi connectivity index (χ0) is 13.4. The number of hydrogen-bond acceptors (Lipinski definition) is 4. The van der Waals surface area contributed by atoms with Gasteiger partial charge in [0.2, 0.25) is 0 Å². The topological polar surface area (TPSA) is 47.7 Å². The molecular formula is C13H21FN2O2. The zero-order valence-electron chi connectivity index (χ0n) is 11.0. The first-order valence-corrected chi connectivity index (χ1v) is 5.91. The van der Waals surface area contributed by atoms with Gasteiger partial charge < -0.3 is 15.2 Å². The summed E-state index contributed by atoms with van der Waals surface area (Å²) in [6.07, 6.45) is 0. The van der Waals surface area contributed by atoms with E-state index in [0.717, 1.165) is 18.7 Å². The second-order valence-corrected chi connectivity index (χ2v) is 4.15. The van der Waals surface area contributed by atoms with E-state index in [-0.39, 0.29) is 5.82 Å². The Kier molecular flexibility index (Phi) is 6.64. The molecule has 4 nitrogen and oxygen atoms in total. The number of anilines is 1. The lowest BCUT2D eigenvalue weighted by Crippen LogP contribution is -2.30. The molecule has 0 spiro atoms. The second-order valence-electron chi connectivity index (χ2n) is 4.15. The van der Waals surface area contributed by atoms with Crippen molar-refractivity contribution in [3.05, 3.63) is 29.6 Å². The fourth-order valence-electron chi connectivity index (χ4n) is 1.74. The standard InChI is InChI=1S/C13H21FN2O2/c1-17-5-3-16(4-6-18-2)10-11-7-12(14)9-13(15)8-11/h7-9H,3-6,10,15H2,1-2H3. The molecule has 0 fully saturated rings. The van der Waals surface area contributed by atoms with Crippen LogP contribution in [-0.4, -0.2) is 45.4 Å². The number of ether oxygens (including phenoxy) is 2. The van der Waals surface area contributed by atoms with Crippen LogP contribution in [0.2, 0.25) is 0 Å². The van der Waals surface area contributed by atoms with Gasteiger partial charge in [0, 0.05) is 39.5 Å². The van der Waals surface area contributed by atoms with Gasteiger partial charge in [0.05, 0.1) is 13.2 Å². The van der Waals surface area contributed by atoms with E-state index >= 15 is 0 Å². The molecule has 0 saturated heterocycles. The molecule has 1 aromatic rings. The highest BCUT2D eigenvalue weighted by atomic mass is 19.1. The molecule has 0 unspecified atom stereocenters. The third-order valence-corrected chi connectivity index (χ3v) is 2.61. The van der Waals surface area contributed by atoms with Crippen LogP contribution in [0.15, 0.2) is 18.2 Å². The number of hydrogen-bond donors (Lipinski definition) is 1. The lowest BCUT2D eigenvalue weighted by molar-refractivity contribution is 0.110. The van der Waals surface area contributed by atoms with Crippen LogP contribution in [0.5, 0.6) is 0 Å². The Bertz CT molecular complexity index is 333. The average Bonchev–Trinajstić information content (AvgIpc) is 2.31. The van der Waals surface area contributed by atoms with Crippen molar-refractivity contribution in [3.8, 4) is 0 Å². The summed E-state index contributed by atoms with van der Waals surface area (Å²) in [6.45, 7) is 3.45. The van der Waals surface area contributed by atoms with Crippen molar-refractivity contribution >= 4 is 5.69 Å². The van der Waals surface area contributed by atoms with Gasteiger partial charge in [0.1, 0.15) is 5.82 Å². The van der Waals surface area contributed by atoms with E-state index in [1.807, 2.05) is 0 Å². The van der Waals surface area contributed by atoms with Crippen LogP contribution in [0.4, 0.5) is 10.1 Å². The molecule has 1 aromatic carbocycles. The van der Waals surface area contributed by atoms with Crippen molar-refractivity contribution in [2.24, 2.45) is 0 Å². The van der Waals surface area contributed by atoms with Gasteiger partial charge in [0.25, 0.3) is 0 Å². The van der Waals surface area contributed by atoms with E-state index in [1.165, 1.54) is 12.1 Å². The van der Waals surface area contributed by atoms with Crippen LogP contribution in [0.3, 0.4) is 0 Å². The van der Waals surface area contributed by atoms with Gasteiger partial charge >= 0.3 is 0 Å². The molecule has 18 heavy (non-hydrogen) atoms. The van der Waals surface area contributed by atoms with Crippen LogP contribution in [0.25, 0.3) is 0 Å². The van der Waals surface area contributed by atoms with Crippen LogP contribution in [0.1, 0.15) is 5.56 Å². The van der Waals surface area contributed by atoms with E-state index in [2.05, 4.69) is 4.90 Å². The van der Waals surface area contributed by atoms with Crippen molar-refractivity contribution < 1.29 is 13.9 Å². The van der Waals surface area contributed by atoms with E-state index < -0.39 is 0 Å². The highest BCUT2D eigenvalue weighted by Crippen LogP contribution is 2.12. The van der Waals surface area contributed by atoms with Gasteiger partial charge in [-0.25, -0.2) is 4.39 Å². The first-order valence-electron chi connectivity index (χ1n) is 5.91. The molecule has 0 aliphatic rings. The average molecular weight is 256 g/mol. The molecular weight excluding hydrogens is 235 g/mol. The quantitative estimate of drug-likeness (QED) is 0.716. The minimum atomic E-state index is -0.302. The summed E-state index contributed by atoms with van der Waals surface area (Å²) in [5.74, 6) is -0.302. The van der Waals surface area contributed by atoms with Gasteiger partial charge in [-0.2, -0.15) is 0 Å². The van der Waals surface area contributed by atoms with Crippen molar-refractivity contribution in [2.45, 2.75) is 6.54 Å². The van der Waals surface area contributed by atoms with Gasteiger partial charge in [-0.15, -0.1) is 0 Å². The van der Waals surface area contributed by atoms with Crippen molar-refractivity contribution in [1.29, 1.82) is 0 Å².